The molecule has 6 nitrogen and oxygen atoms in total. The van der Waals surface area contributed by atoms with Crippen LogP contribution < -0.4 is 5.32 Å². The predicted octanol–water partition coefficient (Wildman–Crippen LogP) is 4.09. The Morgan fingerprint density at radius 3 is 3.00 bits per heavy atom. The zero-order valence-electron chi connectivity index (χ0n) is 16.5. The Kier molecular flexibility index (Phi) is 7.66. The molecule has 1 aromatic rings. The summed E-state index contributed by atoms with van der Waals surface area (Å²) >= 11 is 1.52. The summed E-state index contributed by atoms with van der Waals surface area (Å²) in [5.74, 6) is 2.65. The van der Waals surface area contributed by atoms with Crippen molar-refractivity contribution in [3.8, 4) is 18.4 Å². The van der Waals surface area contributed by atoms with Crippen LogP contribution in [0.1, 0.15) is 48.1 Å². The quantitative estimate of drug-likeness (QED) is 0.235. The highest BCUT2D eigenvalue weighted by Crippen LogP contribution is 2.48. The van der Waals surface area contributed by atoms with E-state index in [1.807, 2.05) is 19.0 Å². The topological polar surface area (TPSA) is 77.7 Å². The average Bonchev–Trinajstić information content (AvgIpc) is 3.04. The number of carbonyl (C=O) groups excluding carboxylic acids is 1. The largest absolute Gasteiger partial charge is 0.445 e. The minimum atomic E-state index is -0.670. The zero-order valence-corrected chi connectivity index (χ0v) is 17.3. The van der Waals surface area contributed by atoms with Gasteiger partial charge in [-0.2, -0.15) is 5.26 Å². The fourth-order valence-corrected chi connectivity index (χ4v) is 4.71. The van der Waals surface area contributed by atoms with Crippen LogP contribution in [-0.2, 0) is 16.7 Å². The number of ether oxygens (including phenoxy) is 1. The number of thiophene rings is 1. The van der Waals surface area contributed by atoms with E-state index in [9.17, 15) is 10.1 Å². The number of aliphatic imine (C=N–C) groups is 1. The van der Waals surface area contributed by atoms with Crippen molar-refractivity contribution in [3.63, 3.8) is 0 Å². The molecule has 1 N–H and O–H groups in total. The number of terminal acetylenes is 1. The van der Waals surface area contributed by atoms with Crippen LogP contribution in [0.3, 0.4) is 0 Å². The van der Waals surface area contributed by atoms with Gasteiger partial charge in [-0.1, -0.05) is 12.7 Å². The summed E-state index contributed by atoms with van der Waals surface area (Å²) in [4.78, 5) is 19.8. The minimum absolute atomic E-state index is 0.131. The molecule has 0 radical (unpaired) electrons. The number of amides is 1. The molecule has 0 aromatic carbocycles. The molecular weight excluding hydrogens is 372 g/mol. The molecule has 0 bridgehead atoms. The summed E-state index contributed by atoms with van der Waals surface area (Å²) in [7, 11) is 3.76. The lowest BCUT2D eigenvalue weighted by Gasteiger charge is -2.38. The van der Waals surface area contributed by atoms with Crippen LogP contribution in [0.4, 0.5) is 9.80 Å². The fourth-order valence-electron chi connectivity index (χ4n) is 3.48. The molecule has 0 saturated carbocycles. The number of hydrogen-bond acceptors (Lipinski definition) is 5. The Balaban J connectivity index is 2.50. The van der Waals surface area contributed by atoms with Crippen LogP contribution in [0.25, 0.3) is 0 Å². The van der Waals surface area contributed by atoms with E-state index >= 15 is 0 Å². The molecule has 1 aliphatic rings. The number of aryl methyl sites for hydroxylation is 1. The predicted molar refractivity (Wildman–Crippen MR) is 113 cm³/mol. The van der Waals surface area contributed by atoms with Gasteiger partial charge >= 0.3 is 6.09 Å². The summed E-state index contributed by atoms with van der Waals surface area (Å²) < 4.78 is 5.18. The molecule has 0 aliphatic heterocycles. The van der Waals surface area contributed by atoms with Gasteiger partial charge in [-0.15, -0.1) is 23.7 Å². The minimum Gasteiger partial charge on any atom is -0.445 e. The molecule has 1 atom stereocenters. The summed E-state index contributed by atoms with van der Waals surface area (Å²) in [6.45, 7) is 3.70. The molecule has 0 spiro atoms. The first-order valence-electron chi connectivity index (χ1n) is 9.23. The Hall–Kier alpha value is -2.77. The number of alkyl carbamates (subject to hydrolysis) is 1. The first kappa shape index (κ1) is 21.5. The van der Waals surface area contributed by atoms with E-state index in [1.54, 1.807) is 6.34 Å². The molecule has 1 unspecified atom stereocenters. The SMILES string of the molecule is C#CCCCC1(NC(=O)OCC=C)CCCc2sc(N=CN(C)C)c(C#N)c21. The van der Waals surface area contributed by atoms with Gasteiger partial charge in [0.2, 0.25) is 0 Å². The number of nitriles is 1. The highest BCUT2D eigenvalue weighted by molar-refractivity contribution is 7.16. The first-order chi connectivity index (χ1) is 13.5. The average molecular weight is 399 g/mol. The maximum absolute atomic E-state index is 12.4. The summed E-state index contributed by atoms with van der Waals surface area (Å²) in [5, 5.41) is 13.6. The lowest BCUT2D eigenvalue weighted by atomic mass is 9.75. The van der Waals surface area contributed by atoms with Gasteiger partial charge in [0.15, 0.2) is 0 Å². The molecule has 0 fully saturated rings. The molecule has 1 amide bonds. The van der Waals surface area contributed by atoms with Gasteiger partial charge < -0.3 is 15.0 Å². The van der Waals surface area contributed by atoms with Gasteiger partial charge in [0.05, 0.1) is 17.4 Å². The van der Waals surface area contributed by atoms with Crippen LogP contribution in [0.5, 0.6) is 0 Å². The van der Waals surface area contributed by atoms with Crippen LogP contribution in [-0.4, -0.2) is 38.0 Å². The van der Waals surface area contributed by atoms with Gasteiger partial charge in [-0.05, 0) is 32.1 Å². The van der Waals surface area contributed by atoms with E-state index in [4.69, 9.17) is 11.2 Å². The number of unbranched alkanes of at least 4 members (excludes halogenated alkanes) is 1. The van der Waals surface area contributed by atoms with Crippen molar-refractivity contribution >= 4 is 28.8 Å². The van der Waals surface area contributed by atoms with E-state index in [2.05, 4.69) is 28.9 Å². The molecule has 28 heavy (non-hydrogen) atoms. The molecule has 1 aliphatic carbocycles. The van der Waals surface area contributed by atoms with Gasteiger partial charge in [0.1, 0.15) is 17.7 Å². The second-order valence-electron chi connectivity index (χ2n) is 6.91. The summed E-state index contributed by atoms with van der Waals surface area (Å²) in [5.41, 5.74) is 0.739. The highest BCUT2D eigenvalue weighted by Gasteiger charge is 2.42. The molecule has 2 rings (SSSR count). The number of rotatable bonds is 8. The van der Waals surface area contributed by atoms with Gasteiger partial charge in [0, 0.05) is 31.0 Å². The number of hydrogen-bond donors (Lipinski definition) is 1. The lowest BCUT2D eigenvalue weighted by Crippen LogP contribution is -2.48. The third-order valence-corrected chi connectivity index (χ3v) is 5.72. The third kappa shape index (κ3) is 4.94. The third-order valence-electron chi connectivity index (χ3n) is 4.56. The van der Waals surface area contributed by atoms with Crippen LogP contribution in [0.2, 0.25) is 0 Å². The standard InChI is InChI=1S/C21H26N4O2S/c1-5-7-8-11-21(24-20(26)27-13-6-2)12-9-10-17-18(21)16(14-22)19(28-17)23-15-25(3)4/h1,6,15H,2,7-13H2,3-4H3,(H,24,26). The smallest absolute Gasteiger partial charge is 0.408 e. The molecule has 0 saturated heterocycles. The fraction of sp³-hybridized carbons (Fsp3) is 0.476. The maximum Gasteiger partial charge on any atom is 0.408 e. The van der Waals surface area contributed by atoms with Crippen molar-refractivity contribution in [3.05, 3.63) is 28.7 Å². The Morgan fingerprint density at radius 2 is 2.36 bits per heavy atom. The van der Waals surface area contributed by atoms with E-state index in [0.717, 1.165) is 36.1 Å². The van der Waals surface area contributed by atoms with Crippen molar-refractivity contribution in [2.75, 3.05) is 20.7 Å². The molecule has 7 heteroatoms. The van der Waals surface area contributed by atoms with Crippen molar-refractivity contribution in [1.29, 1.82) is 5.26 Å². The number of carbonyl (C=O) groups is 1. The van der Waals surface area contributed by atoms with E-state index < -0.39 is 11.6 Å². The Bertz CT molecular complexity index is 829. The van der Waals surface area contributed by atoms with Crippen molar-refractivity contribution in [1.82, 2.24) is 10.2 Å². The highest BCUT2D eigenvalue weighted by atomic mass is 32.1. The van der Waals surface area contributed by atoms with Crippen molar-refractivity contribution < 1.29 is 9.53 Å². The van der Waals surface area contributed by atoms with E-state index in [1.165, 1.54) is 17.4 Å². The molecule has 1 heterocycles. The maximum atomic E-state index is 12.4. The summed E-state index contributed by atoms with van der Waals surface area (Å²) in [6, 6.07) is 2.32. The van der Waals surface area contributed by atoms with Crippen molar-refractivity contribution in [2.45, 2.75) is 44.1 Å². The van der Waals surface area contributed by atoms with Crippen LogP contribution in [0, 0.1) is 23.7 Å². The van der Waals surface area contributed by atoms with Gasteiger partial charge in [0.25, 0.3) is 0 Å². The van der Waals surface area contributed by atoms with Crippen LogP contribution >= 0.6 is 11.3 Å². The number of fused-ring (bicyclic) bond motifs is 1. The molecule has 1 aromatic heterocycles. The van der Waals surface area contributed by atoms with Gasteiger partial charge in [-0.25, -0.2) is 9.79 Å². The van der Waals surface area contributed by atoms with E-state index in [-0.39, 0.29) is 6.61 Å². The normalized spacial score (nSPS) is 18.0. The van der Waals surface area contributed by atoms with Crippen LogP contribution in [0.15, 0.2) is 17.6 Å². The number of nitrogens with zero attached hydrogens (tertiary/aromatic N) is 3. The van der Waals surface area contributed by atoms with Gasteiger partial charge in [-0.3, -0.25) is 0 Å². The lowest BCUT2D eigenvalue weighted by molar-refractivity contribution is 0.136. The molecular formula is C21H26N4O2S. The second-order valence-corrected chi connectivity index (χ2v) is 7.99. The Labute approximate surface area is 170 Å². The monoisotopic (exact) mass is 398 g/mol. The van der Waals surface area contributed by atoms with E-state index in [0.29, 0.717) is 23.4 Å². The first-order valence-corrected chi connectivity index (χ1v) is 10.0. The molecule has 148 valence electrons. The second kappa shape index (κ2) is 9.96. The zero-order chi connectivity index (χ0) is 20.6. The van der Waals surface area contributed by atoms with Crippen molar-refractivity contribution in [2.24, 2.45) is 4.99 Å². The summed E-state index contributed by atoms with van der Waals surface area (Å²) in [6.07, 6.45) is 12.6. The number of nitrogens with one attached hydrogen (secondary N) is 1. The Morgan fingerprint density at radius 1 is 1.57 bits per heavy atom.